The molecule has 12 heteroatoms. The molecule has 0 N–H and O–H groups in total. The molecule has 1 saturated heterocycles. The molecular formula is C32H21ClN4O7. The van der Waals surface area contributed by atoms with Crippen LogP contribution in [-0.2, 0) is 16.1 Å². The fourth-order valence-corrected chi connectivity index (χ4v) is 7.20. The molecule has 1 aliphatic heterocycles. The Morgan fingerprint density at radius 1 is 0.750 bits per heavy atom. The summed E-state index contributed by atoms with van der Waals surface area (Å²) in [5.41, 5.74) is 2.81. The lowest BCUT2D eigenvalue weighted by atomic mass is 9.55. The minimum absolute atomic E-state index is 0.0168. The van der Waals surface area contributed by atoms with Crippen molar-refractivity contribution < 1.29 is 24.2 Å². The van der Waals surface area contributed by atoms with Crippen molar-refractivity contribution >= 4 is 40.7 Å². The fraction of sp³-hybridized carbons (Fsp3) is 0.156. The molecule has 2 atom stereocenters. The van der Waals surface area contributed by atoms with Gasteiger partial charge in [-0.3, -0.25) is 34.6 Å². The van der Waals surface area contributed by atoms with E-state index in [-0.39, 0.29) is 21.8 Å². The average molecular weight is 609 g/mol. The van der Waals surface area contributed by atoms with Crippen molar-refractivity contribution in [1.82, 2.24) is 10.0 Å². The fourth-order valence-electron chi connectivity index (χ4n) is 7.04. The maximum atomic E-state index is 14.4. The Morgan fingerprint density at radius 3 is 1.80 bits per heavy atom. The molecule has 4 aromatic rings. The molecule has 0 aromatic heterocycles. The minimum atomic E-state index is -0.902. The second-order valence-corrected chi connectivity index (χ2v) is 11.4. The van der Waals surface area contributed by atoms with Gasteiger partial charge in [0.15, 0.2) is 0 Å². The first-order valence-electron chi connectivity index (χ1n) is 13.7. The normalized spacial score (nSPS) is 21.0. The maximum absolute atomic E-state index is 14.4. The van der Waals surface area contributed by atoms with E-state index in [9.17, 15) is 34.6 Å². The van der Waals surface area contributed by atoms with Gasteiger partial charge in [-0.1, -0.05) is 66.2 Å². The van der Waals surface area contributed by atoms with Gasteiger partial charge in [0, 0.05) is 40.6 Å². The summed E-state index contributed by atoms with van der Waals surface area (Å²) < 4.78 is 0. The molecule has 1 heterocycles. The minimum Gasteiger partial charge on any atom is -0.272 e. The molecule has 44 heavy (non-hydrogen) atoms. The van der Waals surface area contributed by atoms with Crippen molar-refractivity contribution in [2.45, 2.75) is 18.4 Å². The second kappa shape index (κ2) is 10.1. The number of benzene rings is 4. The van der Waals surface area contributed by atoms with Crippen LogP contribution in [-0.4, -0.2) is 37.6 Å². The summed E-state index contributed by atoms with van der Waals surface area (Å²) in [5.74, 6) is -4.67. The Balaban J connectivity index is 1.37. The first kappa shape index (κ1) is 27.4. The van der Waals surface area contributed by atoms with Gasteiger partial charge in [-0.25, -0.2) is 5.01 Å². The van der Waals surface area contributed by atoms with Crippen LogP contribution < -0.4 is 0 Å². The molecule has 1 fully saturated rings. The number of carbonyl (C=O) groups excluding carboxylic acids is 3. The van der Waals surface area contributed by atoms with E-state index in [1.807, 2.05) is 48.5 Å². The van der Waals surface area contributed by atoms with Gasteiger partial charge in [-0.2, -0.15) is 5.01 Å². The molecule has 3 aliphatic carbocycles. The molecule has 0 saturated carbocycles. The first-order valence-corrected chi connectivity index (χ1v) is 14.1. The summed E-state index contributed by atoms with van der Waals surface area (Å²) in [5, 5.41) is 25.2. The summed E-state index contributed by atoms with van der Waals surface area (Å²) in [6.07, 6.45) is 0. The van der Waals surface area contributed by atoms with Crippen LogP contribution in [0.3, 0.4) is 0 Å². The molecule has 3 amide bonds. The Morgan fingerprint density at radius 2 is 1.30 bits per heavy atom. The van der Waals surface area contributed by atoms with Crippen LogP contribution in [0.5, 0.6) is 0 Å². The van der Waals surface area contributed by atoms with Crippen molar-refractivity contribution in [1.29, 1.82) is 0 Å². The van der Waals surface area contributed by atoms with E-state index in [1.165, 1.54) is 30.3 Å². The second-order valence-electron chi connectivity index (χ2n) is 11.0. The van der Waals surface area contributed by atoms with Gasteiger partial charge < -0.3 is 0 Å². The molecule has 218 valence electrons. The number of imide groups is 1. The van der Waals surface area contributed by atoms with Gasteiger partial charge in [0.1, 0.15) is 0 Å². The Hall–Kier alpha value is -5.42. The van der Waals surface area contributed by atoms with Crippen LogP contribution in [0.4, 0.5) is 11.4 Å². The lowest BCUT2D eigenvalue weighted by molar-refractivity contribution is -0.385. The third-order valence-electron chi connectivity index (χ3n) is 8.77. The third-order valence-corrected chi connectivity index (χ3v) is 9.00. The van der Waals surface area contributed by atoms with E-state index in [1.54, 1.807) is 0 Å². The monoisotopic (exact) mass is 608 g/mol. The summed E-state index contributed by atoms with van der Waals surface area (Å²) in [6, 6.07) is 24.1. The smallest absolute Gasteiger partial charge is 0.272 e. The van der Waals surface area contributed by atoms with E-state index < -0.39 is 63.5 Å². The summed E-state index contributed by atoms with van der Waals surface area (Å²) in [4.78, 5) is 65.1. The van der Waals surface area contributed by atoms with Crippen LogP contribution in [0.25, 0.3) is 0 Å². The highest BCUT2D eigenvalue weighted by molar-refractivity contribution is 6.30. The van der Waals surface area contributed by atoms with Gasteiger partial charge in [-0.15, -0.1) is 0 Å². The van der Waals surface area contributed by atoms with Crippen LogP contribution >= 0.6 is 11.6 Å². The Labute approximate surface area is 254 Å². The molecule has 8 rings (SSSR count). The van der Waals surface area contributed by atoms with Gasteiger partial charge in [-0.05, 0) is 40.5 Å². The van der Waals surface area contributed by atoms with Crippen molar-refractivity contribution in [2.24, 2.45) is 11.8 Å². The van der Waals surface area contributed by atoms with Crippen LogP contribution in [0.2, 0.25) is 5.02 Å². The van der Waals surface area contributed by atoms with Gasteiger partial charge in [0.25, 0.3) is 29.1 Å². The number of carbonyl (C=O) groups is 3. The van der Waals surface area contributed by atoms with Crippen LogP contribution in [0, 0.1) is 32.1 Å². The lowest BCUT2D eigenvalue weighted by Gasteiger charge is -2.45. The summed E-state index contributed by atoms with van der Waals surface area (Å²) >= 11 is 6.02. The summed E-state index contributed by atoms with van der Waals surface area (Å²) in [6.45, 7) is -0.541. The zero-order chi connectivity index (χ0) is 30.9. The van der Waals surface area contributed by atoms with Gasteiger partial charge in [0.05, 0.1) is 33.8 Å². The van der Waals surface area contributed by atoms with E-state index in [4.69, 9.17) is 11.6 Å². The number of hydrazine groups is 1. The van der Waals surface area contributed by atoms with Gasteiger partial charge >= 0.3 is 0 Å². The Kier molecular flexibility index (Phi) is 6.29. The molecule has 4 aliphatic rings. The number of nitro groups is 2. The molecule has 0 spiro atoms. The van der Waals surface area contributed by atoms with E-state index >= 15 is 0 Å². The number of halogens is 1. The van der Waals surface area contributed by atoms with E-state index in [2.05, 4.69) is 0 Å². The first-order chi connectivity index (χ1) is 21.2. The highest BCUT2D eigenvalue weighted by Crippen LogP contribution is 2.61. The van der Waals surface area contributed by atoms with Gasteiger partial charge in [0.2, 0.25) is 0 Å². The SMILES string of the molecule is O=C(c1cccc([N+](=O)[O-])c1)N(Cc1ccc(Cl)cc1[N+](=O)[O-])N1C(=O)[C@H]2C3c4ccccc4C(c4ccccc43)[C@@H]2C1=O. The predicted octanol–water partition coefficient (Wildman–Crippen LogP) is 5.61. The average Bonchev–Trinajstić information content (AvgIpc) is 3.29. The molecular weight excluding hydrogens is 588 g/mol. The number of non-ortho nitro benzene ring substituents is 1. The third kappa shape index (κ3) is 4.00. The van der Waals surface area contributed by atoms with Crippen molar-refractivity contribution in [3.8, 4) is 0 Å². The number of hydrogen-bond donors (Lipinski definition) is 0. The maximum Gasteiger partial charge on any atom is 0.275 e. The Bertz CT molecular complexity index is 1830. The molecule has 4 aromatic carbocycles. The van der Waals surface area contributed by atoms with Crippen molar-refractivity contribution in [2.75, 3.05) is 0 Å². The number of nitro benzene ring substituents is 2. The molecule has 11 nitrogen and oxygen atoms in total. The lowest BCUT2D eigenvalue weighted by Crippen LogP contribution is -2.50. The van der Waals surface area contributed by atoms with Crippen molar-refractivity contribution in [3.63, 3.8) is 0 Å². The number of rotatable bonds is 6. The predicted molar refractivity (Wildman–Crippen MR) is 156 cm³/mol. The zero-order valence-corrected chi connectivity index (χ0v) is 23.5. The standard InChI is InChI=1S/C32H21ClN4O7/c33-19-13-12-18(25(15-19)37(43)44)16-34(30(38)17-6-5-7-20(14-17)36(41)42)35-31(39)28-26-21-8-1-2-9-22(21)27(29(28)32(35)40)24-11-4-3-10-23(24)26/h1-15,26-29H,16H2/t26?,27?,28-,29-/m0/s1. The van der Waals surface area contributed by atoms with Crippen molar-refractivity contribution in [3.05, 3.63) is 150 Å². The topological polar surface area (TPSA) is 144 Å². The summed E-state index contributed by atoms with van der Waals surface area (Å²) in [7, 11) is 0. The highest BCUT2D eigenvalue weighted by Gasteiger charge is 2.63. The number of amides is 3. The molecule has 0 unspecified atom stereocenters. The molecule has 0 radical (unpaired) electrons. The molecule has 2 bridgehead atoms. The number of hydrogen-bond acceptors (Lipinski definition) is 7. The zero-order valence-electron chi connectivity index (χ0n) is 22.7. The largest absolute Gasteiger partial charge is 0.275 e. The number of nitrogens with zero attached hydrogens (tertiary/aromatic N) is 4. The quantitative estimate of drug-likeness (QED) is 0.157. The van der Waals surface area contributed by atoms with Crippen LogP contribution in [0.15, 0.2) is 91.0 Å². The highest BCUT2D eigenvalue weighted by atomic mass is 35.5. The van der Waals surface area contributed by atoms with E-state index in [0.717, 1.165) is 44.4 Å². The van der Waals surface area contributed by atoms with E-state index in [0.29, 0.717) is 0 Å². The van der Waals surface area contributed by atoms with Crippen LogP contribution in [0.1, 0.15) is 50.0 Å².